The molecule has 0 aliphatic carbocycles. The zero-order valence-corrected chi connectivity index (χ0v) is 27.1. The molecule has 0 saturated carbocycles. The minimum absolute atomic E-state index is 0.0127. The first-order valence-electron chi connectivity index (χ1n) is 14.0. The molecule has 0 aliphatic heterocycles. The van der Waals surface area contributed by atoms with Crippen molar-refractivity contribution in [3.05, 3.63) is 77.8 Å². The smallest absolute Gasteiger partial charge is 0.254 e. The fourth-order valence-corrected chi connectivity index (χ4v) is 5.44. The molecule has 2 aromatic heterocycles. The highest BCUT2D eigenvalue weighted by molar-refractivity contribution is 7.92. The third kappa shape index (κ3) is 9.06. The van der Waals surface area contributed by atoms with E-state index in [-0.39, 0.29) is 47.6 Å². The minimum Gasteiger partial charge on any atom is -0.487 e. The molecule has 0 spiro atoms. The molecular weight excluding hydrogens is 625 g/mol. The van der Waals surface area contributed by atoms with Crippen molar-refractivity contribution in [2.75, 3.05) is 22.4 Å². The number of nitrogens with one attached hydrogen (secondary N) is 2. The van der Waals surface area contributed by atoms with Crippen LogP contribution in [0.4, 0.5) is 26.1 Å². The van der Waals surface area contributed by atoms with Gasteiger partial charge in [-0.15, -0.1) is 0 Å². The number of amides is 1. The van der Waals surface area contributed by atoms with Gasteiger partial charge in [-0.2, -0.15) is 5.10 Å². The summed E-state index contributed by atoms with van der Waals surface area (Å²) in [5.74, 6) is -2.48. The monoisotopic (exact) mass is 659 g/mol. The molecule has 0 bridgehead atoms. The van der Waals surface area contributed by atoms with E-state index in [0.717, 1.165) is 18.2 Å². The maximum absolute atomic E-state index is 13.8. The van der Waals surface area contributed by atoms with Gasteiger partial charge in [0, 0.05) is 32.6 Å². The van der Waals surface area contributed by atoms with Crippen LogP contribution in [-0.2, 0) is 28.1 Å². The summed E-state index contributed by atoms with van der Waals surface area (Å²) < 4.78 is 67.8. The molecule has 4 N–H and O–H groups in total. The molecule has 0 fully saturated rings. The number of halogens is 2. The summed E-state index contributed by atoms with van der Waals surface area (Å²) in [6, 6.07) is 8.68. The Labute approximate surface area is 261 Å². The number of anilines is 3. The Kier molecular flexibility index (Phi) is 10.5. The molecule has 16 heteroatoms. The van der Waals surface area contributed by atoms with E-state index in [1.165, 1.54) is 48.4 Å². The average Bonchev–Trinajstić information content (AvgIpc) is 3.34. The predicted octanol–water partition coefficient (Wildman–Crippen LogP) is 5.11. The molecule has 2 aromatic carbocycles. The first-order chi connectivity index (χ1) is 21.3. The first-order valence-corrected chi connectivity index (χ1v) is 19.4. The Morgan fingerprint density at radius 1 is 1.09 bits per heavy atom. The predicted molar refractivity (Wildman–Crippen MR) is 169 cm³/mol. The van der Waals surface area contributed by atoms with Crippen LogP contribution in [0.1, 0.15) is 22.8 Å². The lowest BCUT2D eigenvalue weighted by molar-refractivity contribution is 0.0802. The van der Waals surface area contributed by atoms with E-state index in [4.69, 9.17) is 15.2 Å². The number of carbonyl (C=O) groups is 1. The normalized spacial score (nSPS) is 11.8. The van der Waals surface area contributed by atoms with Crippen molar-refractivity contribution < 1.29 is 31.5 Å². The number of aromatic nitrogens is 4. The van der Waals surface area contributed by atoms with E-state index in [9.17, 15) is 22.0 Å². The van der Waals surface area contributed by atoms with E-state index in [1.54, 1.807) is 6.07 Å². The van der Waals surface area contributed by atoms with Crippen LogP contribution in [0.3, 0.4) is 0 Å². The van der Waals surface area contributed by atoms with Gasteiger partial charge >= 0.3 is 0 Å². The third-order valence-corrected chi connectivity index (χ3v) is 9.49. The van der Waals surface area contributed by atoms with Gasteiger partial charge in [-0.05, 0) is 42.8 Å². The van der Waals surface area contributed by atoms with Crippen LogP contribution >= 0.6 is 0 Å². The molecule has 4 rings (SSSR count). The highest BCUT2D eigenvalue weighted by Crippen LogP contribution is 2.36. The quantitative estimate of drug-likeness (QED) is 0.116. The summed E-state index contributed by atoms with van der Waals surface area (Å²) in [5.41, 5.74) is 6.79. The summed E-state index contributed by atoms with van der Waals surface area (Å²) >= 11 is 0. The topological polar surface area (TPSA) is 163 Å². The lowest BCUT2D eigenvalue weighted by atomic mass is 10.1. The molecule has 45 heavy (non-hydrogen) atoms. The van der Waals surface area contributed by atoms with Gasteiger partial charge in [-0.1, -0.05) is 31.8 Å². The molecule has 0 atom stereocenters. The SMILES string of the molecule is CCS(=O)(=O)Nc1ccc(-c2nn(COCC[Si](C)(C)C)c(Nc3cnccn3)c2C(N)=O)cc1OCc1ccc(F)c(F)c1. The van der Waals surface area contributed by atoms with Crippen molar-refractivity contribution in [1.82, 2.24) is 19.7 Å². The van der Waals surface area contributed by atoms with E-state index < -0.39 is 35.6 Å². The van der Waals surface area contributed by atoms with Gasteiger partial charge in [0.15, 0.2) is 11.6 Å². The maximum Gasteiger partial charge on any atom is 0.254 e. The first kappa shape index (κ1) is 33.5. The second kappa shape index (κ2) is 14.1. The fourth-order valence-electron chi connectivity index (χ4n) is 4.04. The number of hydrogen-bond donors (Lipinski definition) is 3. The summed E-state index contributed by atoms with van der Waals surface area (Å²) in [6.07, 6.45) is 4.44. The molecule has 240 valence electrons. The van der Waals surface area contributed by atoms with Crippen molar-refractivity contribution in [3.8, 4) is 17.0 Å². The molecule has 0 unspecified atom stereocenters. The second-order valence-electron chi connectivity index (χ2n) is 11.3. The van der Waals surface area contributed by atoms with Gasteiger partial charge in [0.05, 0.1) is 17.6 Å². The number of nitrogens with zero attached hydrogens (tertiary/aromatic N) is 4. The number of hydrogen-bond acceptors (Lipinski definition) is 9. The Balaban J connectivity index is 1.77. The lowest BCUT2D eigenvalue weighted by Crippen LogP contribution is -2.22. The fraction of sp³-hybridized carbons (Fsp3) is 0.310. The van der Waals surface area contributed by atoms with Crippen molar-refractivity contribution >= 4 is 41.3 Å². The number of primary amides is 1. The second-order valence-corrected chi connectivity index (χ2v) is 18.9. The van der Waals surface area contributed by atoms with Crippen molar-refractivity contribution in [3.63, 3.8) is 0 Å². The standard InChI is InChI=1S/C29H35F2N7O5SSi/c1-5-44(40,41)37-23-9-7-20(15-24(23)43-17-19-6-8-21(30)22(31)14-19)27-26(28(32)39)29(35-25-16-33-10-11-34-25)38(36-27)18-42-12-13-45(2,3)4/h6-11,14-16,37H,5,12-13,17-18H2,1-4H3,(H2,32,39)(H,34,35). The number of ether oxygens (including phenoxy) is 2. The molecule has 0 aliphatic rings. The van der Waals surface area contributed by atoms with Gasteiger partial charge in [0.25, 0.3) is 5.91 Å². The van der Waals surface area contributed by atoms with Crippen LogP contribution in [0.5, 0.6) is 5.75 Å². The van der Waals surface area contributed by atoms with Crippen molar-refractivity contribution in [2.24, 2.45) is 5.73 Å². The van der Waals surface area contributed by atoms with Crippen molar-refractivity contribution in [2.45, 2.75) is 45.9 Å². The Hall–Kier alpha value is -4.41. The van der Waals surface area contributed by atoms with Gasteiger partial charge in [-0.25, -0.2) is 26.9 Å². The lowest BCUT2D eigenvalue weighted by Gasteiger charge is -2.16. The number of nitrogens with two attached hydrogens (primary N) is 1. The third-order valence-electron chi connectivity index (χ3n) is 6.50. The zero-order valence-electron chi connectivity index (χ0n) is 25.3. The average molecular weight is 660 g/mol. The number of benzene rings is 2. The highest BCUT2D eigenvalue weighted by atomic mass is 32.2. The maximum atomic E-state index is 13.8. The van der Waals surface area contributed by atoms with E-state index >= 15 is 0 Å². The van der Waals surface area contributed by atoms with Gasteiger partial charge in [0.2, 0.25) is 10.0 Å². The van der Waals surface area contributed by atoms with Gasteiger partial charge < -0.3 is 20.5 Å². The van der Waals surface area contributed by atoms with Crippen LogP contribution in [0.15, 0.2) is 55.0 Å². The Morgan fingerprint density at radius 2 is 1.87 bits per heavy atom. The number of rotatable bonds is 15. The van der Waals surface area contributed by atoms with Gasteiger partial charge in [-0.3, -0.25) is 14.5 Å². The van der Waals surface area contributed by atoms with Gasteiger partial charge in [0.1, 0.15) is 42.0 Å². The number of sulfonamides is 1. The van der Waals surface area contributed by atoms with E-state index in [2.05, 4.69) is 44.7 Å². The molecule has 4 aromatic rings. The van der Waals surface area contributed by atoms with Crippen LogP contribution in [0, 0.1) is 11.6 Å². The van der Waals surface area contributed by atoms with Crippen LogP contribution < -0.4 is 20.5 Å². The summed E-state index contributed by atoms with van der Waals surface area (Å²) in [6.45, 7) is 8.41. The summed E-state index contributed by atoms with van der Waals surface area (Å²) in [7, 11) is -5.10. The summed E-state index contributed by atoms with van der Waals surface area (Å²) in [5, 5.41) is 7.70. The molecule has 1 amide bonds. The molecule has 12 nitrogen and oxygen atoms in total. The van der Waals surface area contributed by atoms with Crippen LogP contribution in [-0.4, -0.2) is 54.5 Å². The molecule has 0 radical (unpaired) electrons. The van der Waals surface area contributed by atoms with Crippen molar-refractivity contribution in [1.29, 1.82) is 0 Å². The van der Waals surface area contributed by atoms with Crippen LogP contribution in [0.25, 0.3) is 11.3 Å². The van der Waals surface area contributed by atoms with Crippen LogP contribution in [0.2, 0.25) is 25.7 Å². The molecular formula is C29H35F2N7O5SSi. The Morgan fingerprint density at radius 3 is 2.51 bits per heavy atom. The van der Waals surface area contributed by atoms with E-state index in [0.29, 0.717) is 23.6 Å². The number of carbonyl (C=O) groups excluding carboxylic acids is 1. The van der Waals surface area contributed by atoms with E-state index in [1.807, 2.05) is 0 Å². The molecule has 0 saturated heterocycles. The highest BCUT2D eigenvalue weighted by Gasteiger charge is 2.26. The molecule has 2 heterocycles. The summed E-state index contributed by atoms with van der Waals surface area (Å²) in [4.78, 5) is 21.2. The zero-order chi connectivity index (χ0) is 32.8. The Bertz CT molecular complexity index is 1770. The largest absolute Gasteiger partial charge is 0.487 e. The minimum atomic E-state index is -3.72.